The Morgan fingerprint density at radius 1 is 1.17 bits per heavy atom. The number of aromatic nitrogens is 1. The molecule has 0 saturated heterocycles. The predicted molar refractivity (Wildman–Crippen MR) is 113 cm³/mol. The second-order valence-corrected chi connectivity index (χ2v) is 7.35. The van der Waals surface area contributed by atoms with Crippen LogP contribution in [-0.4, -0.2) is 22.9 Å². The van der Waals surface area contributed by atoms with Crippen LogP contribution in [0, 0.1) is 0 Å². The first kappa shape index (κ1) is 19.4. The van der Waals surface area contributed by atoms with E-state index in [1.807, 2.05) is 0 Å². The van der Waals surface area contributed by atoms with Crippen LogP contribution in [0.15, 0.2) is 53.0 Å². The minimum Gasteiger partial charge on any atom is -0.462 e. The van der Waals surface area contributed by atoms with Gasteiger partial charge in [-0.3, -0.25) is 9.59 Å². The topological polar surface area (TPSA) is 65.4 Å². The Hall–Kier alpha value is -2.89. The number of nitrogens with zero attached hydrogens (tertiary/aromatic N) is 1. The Kier molecular flexibility index (Phi) is 5.03. The third kappa shape index (κ3) is 3.26. The molecule has 4 rings (SSSR count). The number of benzene rings is 2. The largest absolute Gasteiger partial charge is 0.462 e. The maximum Gasteiger partial charge on any atom is 0.343 e. The van der Waals surface area contributed by atoms with Gasteiger partial charge in [-0.1, -0.05) is 41.4 Å². The first-order chi connectivity index (χ1) is 13.9. The molecule has 2 aromatic carbocycles. The van der Waals surface area contributed by atoms with Gasteiger partial charge in [0.25, 0.3) is 0 Å². The zero-order valence-corrected chi connectivity index (χ0v) is 16.9. The van der Waals surface area contributed by atoms with Crippen LogP contribution in [0.4, 0.5) is 0 Å². The van der Waals surface area contributed by atoms with Crippen molar-refractivity contribution in [2.75, 3.05) is 6.61 Å². The summed E-state index contributed by atoms with van der Waals surface area (Å²) in [6, 6.07) is 10.1. The number of ether oxygens (including phenoxy) is 1. The van der Waals surface area contributed by atoms with Crippen molar-refractivity contribution < 1.29 is 14.3 Å². The fraction of sp³-hybridized carbons (Fsp3) is 0.136. The maximum atomic E-state index is 13.1. The summed E-state index contributed by atoms with van der Waals surface area (Å²) in [4.78, 5) is 38.1. The normalized spacial score (nSPS) is 14.4. The molecular formula is C22H15Cl2NO4. The molecule has 0 fully saturated rings. The molecule has 1 aliphatic heterocycles. The number of para-hydroxylation sites is 1. The summed E-state index contributed by atoms with van der Waals surface area (Å²) in [5.74, 6) is -0.885. The third-order valence-corrected chi connectivity index (χ3v) is 5.61. The lowest BCUT2D eigenvalue weighted by Gasteiger charge is -2.22. The Labute approximate surface area is 176 Å². The van der Waals surface area contributed by atoms with Crippen LogP contribution in [0.5, 0.6) is 0 Å². The molecule has 0 bridgehead atoms. The first-order valence-corrected chi connectivity index (χ1v) is 9.70. The number of halogens is 2. The SMILES string of the molecule is CCOC(=O)c1cn2c3c(cccc3c1=O)C(=O)/C(=C/c1cccc(Cl)c1Cl)C2. The summed E-state index contributed by atoms with van der Waals surface area (Å²) >= 11 is 12.3. The highest BCUT2D eigenvalue weighted by Gasteiger charge is 2.26. The molecule has 0 saturated carbocycles. The van der Waals surface area contributed by atoms with E-state index in [0.717, 1.165) is 0 Å². The van der Waals surface area contributed by atoms with Crippen LogP contribution in [0.1, 0.15) is 33.2 Å². The van der Waals surface area contributed by atoms with Crippen molar-refractivity contribution in [3.8, 4) is 0 Å². The van der Waals surface area contributed by atoms with Gasteiger partial charge >= 0.3 is 5.97 Å². The number of pyridine rings is 1. The molecule has 0 aliphatic carbocycles. The molecule has 29 heavy (non-hydrogen) atoms. The molecule has 1 aliphatic rings. The molecule has 1 aromatic heterocycles. The number of carbonyl (C=O) groups is 2. The van der Waals surface area contributed by atoms with E-state index >= 15 is 0 Å². The highest BCUT2D eigenvalue weighted by Crippen LogP contribution is 2.31. The van der Waals surface area contributed by atoms with Crippen LogP contribution >= 0.6 is 23.2 Å². The fourth-order valence-corrected chi connectivity index (χ4v) is 3.84. The van der Waals surface area contributed by atoms with Crippen molar-refractivity contribution in [2.24, 2.45) is 0 Å². The molecule has 2 heterocycles. The number of hydrogen-bond donors (Lipinski definition) is 0. The van der Waals surface area contributed by atoms with E-state index < -0.39 is 11.4 Å². The molecule has 0 radical (unpaired) electrons. The van der Waals surface area contributed by atoms with Crippen LogP contribution in [0.3, 0.4) is 0 Å². The van der Waals surface area contributed by atoms with Gasteiger partial charge in [-0.25, -0.2) is 4.79 Å². The van der Waals surface area contributed by atoms with Gasteiger partial charge in [0.2, 0.25) is 5.43 Å². The molecule has 0 spiro atoms. The number of hydrogen-bond acceptors (Lipinski definition) is 4. The van der Waals surface area contributed by atoms with E-state index in [4.69, 9.17) is 27.9 Å². The smallest absolute Gasteiger partial charge is 0.343 e. The Balaban J connectivity index is 1.92. The van der Waals surface area contributed by atoms with E-state index in [1.54, 1.807) is 54.0 Å². The average molecular weight is 428 g/mol. The number of ketones is 1. The van der Waals surface area contributed by atoms with E-state index in [9.17, 15) is 14.4 Å². The lowest BCUT2D eigenvalue weighted by atomic mass is 9.94. The first-order valence-electron chi connectivity index (χ1n) is 8.95. The van der Waals surface area contributed by atoms with E-state index in [-0.39, 0.29) is 24.5 Å². The molecule has 0 atom stereocenters. The molecule has 3 aromatic rings. The minimum absolute atomic E-state index is 0.0639. The van der Waals surface area contributed by atoms with Crippen molar-refractivity contribution in [3.05, 3.63) is 85.1 Å². The van der Waals surface area contributed by atoms with Gasteiger partial charge in [0.15, 0.2) is 5.78 Å². The second kappa shape index (κ2) is 7.50. The van der Waals surface area contributed by atoms with Gasteiger partial charge in [0.05, 0.1) is 28.7 Å². The lowest BCUT2D eigenvalue weighted by molar-refractivity contribution is 0.0524. The summed E-state index contributed by atoms with van der Waals surface area (Å²) in [5.41, 5.74) is 1.47. The van der Waals surface area contributed by atoms with Gasteiger partial charge in [-0.05, 0) is 36.8 Å². The summed E-state index contributed by atoms with van der Waals surface area (Å²) in [5, 5.41) is 1.05. The van der Waals surface area contributed by atoms with Crippen molar-refractivity contribution in [2.45, 2.75) is 13.5 Å². The van der Waals surface area contributed by atoms with Gasteiger partial charge in [-0.15, -0.1) is 0 Å². The van der Waals surface area contributed by atoms with Crippen molar-refractivity contribution in [1.29, 1.82) is 0 Å². The van der Waals surface area contributed by atoms with Crippen molar-refractivity contribution in [1.82, 2.24) is 4.57 Å². The number of esters is 1. The molecule has 7 heteroatoms. The quantitative estimate of drug-likeness (QED) is 0.446. The number of Topliss-reactive ketones (excluding diaryl/α,β-unsaturated/α-hetero) is 1. The molecule has 5 nitrogen and oxygen atoms in total. The number of rotatable bonds is 3. The van der Waals surface area contributed by atoms with Gasteiger partial charge < -0.3 is 9.30 Å². The van der Waals surface area contributed by atoms with Gasteiger partial charge in [-0.2, -0.15) is 0 Å². The van der Waals surface area contributed by atoms with Crippen LogP contribution in [0.25, 0.3) is 17.0 Å². The van der Waals surface area contributed by atoms with Gasteiger partial charge in [0, 0.05) is 22.7 Å². The number of allylic oxidation sites excluding steroid dienone is 1. The molecule has 0 unspecified atom stereocenters. The van der Waals surface area contributed by atoms with Gasteiger partial charge in [0.1, 0.15) is 5.56 Å². The fourth-order valence-electron chi connectivity index (χ4n) is 3.48. The van der Waals surface area contributed by atoms with Crippen molar-refractivity contribution in [3.63, 3.8) is 0 Å². The summed E-state index contributed by atoms with van der Waals surface area (Å²) in [6.45, 7) is 2.02. The summed E-state index contributed by atoms with van der Waals surface area (Å²) in [7, 11) is 0. The lowest BCUT2D eigenvalue weighted by Crippen LogP contribution is -2.26. The zero-order chi connectivity index (χ0) is 20.7. The average Bonchev–Trinajstić information content (AvgIpc) is 2.71. The van der Waals surface area contributed by atoms with E-state index in [1.165, 1.54) is 6.20 Å². The van der Waals surface area contributed by atoms with E-state index in [2.05, 4.69) is 0 Å². The predicted octanol–water partition coefficient (Wildman–Crippen LogP) is 4.76. The second-order valence-electron chi connectivity index (χ2n) is 6.56. The highest BCUT2D eigenvalue weighted by molar-refractivity contribution is 6.43. The minimum atomic E-state index is -0.686. The summed E-state index contributed by atoms with van der Waals surface area (Å²) in [6.07, 6.45) is 3.13. The Morgan fingerprint density at radius 3 is 2.69 bits per heavy atom. The molecule has 0 amide bonds. The Morgan fingerprint density at radius 2 is 1.93 bits per heavy atom. The van der Waals surface area contributed by atoms with Crippen LogP contribution in [-0.2, 0) is 11.3 Å². The monoisotopic (exact) mass is 427 g/mol. The van der Waals surface area contributed by atoms with Crippen LogP contribution in [0.2, 0.25) is 10.0 Å². The zero-order valence-electron chi connectivity index (χ0n) is 15.4. The standard InChI is InChI=1S/C22H15Cl2NO4/c1-2-29-22(28)16-11-25-10-13(9-12-5-3-8-17(23)18(12)24)20(26)14-6-4-7-15(19(14)25)21(16)27/h3-9,11H,2,10H2,1H3/b13-9+. The maximum absolute atomic E-state index is 13.1. The molecule has 0 N–H and O–H groups in total. The van der Waals surface area contributed by atoms with Crippen LogP contribution < -0.4 is 5.43 Å². The molecular weight excluding hydrogens is 413 g/mol. The third-order valence-electron chi connectivity index (χ3n) is 4.78. The molecule has 146 valence electrons. The van der Waals surface area contributed by atoms with Crippen molar-refractivity contribution >= 4 is 51.9 Å². The Bertz CT molecular complexity index is 1270. The highest BCUT2D eigenvalue weighted by atomic mass is 35.5. The number of carbonyl (C=O) groups excluding carboxylic acids is 2. The summed E-state index contributed by atoms with van der Waals surface area (Å²) < 4.78 is 6.74. The van der Waals surface area contributed by atoms with E-state index in [0.29, 0.717) is 37.6 Å².